The van der Waals surface area contributed by atoms with Crippen molar-refractivity contribution in [2.24, 2.45) is 10.3 Å². The molecule has 0 fully saturated rings. The first-order chi connectivity index (χ1) is 15.0. The Morgan fingerprint density at radius 3 is 1.19 bits per heavy atom. The summed E-state index contributed by atoms with van der Waals surface area (Å²) in [4.78, 5) is 34.1. The minimum Gasteiger partial charge on any atom is -0.297 e. The Bertz CT molecular complexity index is 970. The molecule has 2 N–H and O–H groups in total. The van der Waals surface area contributed by atoms with E-state index in [0.29, 0.717) is 11.4 Å². The lowest BCUT2D eigenvalue weighted by atomic mass is 10.1. The molecule has 0 bridgehead atoms. The van der Waals surface area contributed by atoms with E-state index in [0.717, 1.165) is 33.4 Å². The van der Waals surface area contributed by atoms with Gasteiger partial charge in [-0.25, -0.2) is 9.59 Å². The van der Waals surface area contributed by atoms with Crippen LogP contribution in [-0.2, 0) is 9.68 Å². The third kappa shape index (κ3) is 6.66. The van der Waals surface area contributed by atoms with E-state index < -0.39 is 12.2 Å². The van der Waals surface area contributed by atoms with Gasteiger partial charge < -0.3 is 0 Å². The van der Waals surface area contributed by atoms with Gasteiger partial charge in [0, 0.05) is 11.4 Å². The van der Waals surface area contributed by atoms with Crippen LogP contribution in [0.2, 0.25) is 0 Å². The van der Waals surface area contributed by atoms with E-state index in [1.165, 1.54) is 0 Å². The second-order valence-corrected chi connectivity index (χ2v) is 7.91. The number of benzene rings is 2. The molecule has 2 aromatic carbocycles. The topological polar surface area (TPSA) is 101 Å². The van der Waals surface area contributed by atoms with Crippen molar-refractivity contribution in [3.05, 3.63) is 57.6 Å². The predicted molar refractivity (Wildman–Crippen MR) is 128 cm³/mol. The van der Waals surface area contributed by atoms with Gasteiger partial charge in [0.25, 0.3) is 0 Å². The molecule has 0 aromatic heterocycles. The maximum atomic E-state index is 12.1. The lowest BCUT2D eigenvalue weighted by Crippen LogP contribution is -2.17. The number of nitrogens with zero attached hydrogens (tertiary/aromatic N) is 2. The number of oxime groups is 2. The van der Waals surface area contributed by atoms with Gasteiger partial charge in [0.2, 0.25) is 0 Å². The van der Waals surface area contributed by atoms with Gasteiger partial charge in [0.1, 0.15) is 11.4 Å². The van der Waals surface area contributed by atoms with E-state index in [-0.39, 0.29) is 11.4 Å². The number of aryl methyl sites for hydroxylation is 6. The van der Waals surface area contributed by atoms with Crippen LogP contribution >= 0.6 is 0 Å². The van der Waals surface area contributed by atoms with Gasteiger partial charge in [-0.1, -0.05) is 45.7 Å². The second kappa shape index (κ2) is 10.6. The Hall–Kier alpha value is -3.68. The third-order valence-electron chi connectivity index (χ3n) is 4.86. The molecule has 0 unspecified atom stereocenters. The van der Waals surface area contributed by atoms with Crippen molar-refractivity contribution in [1.82, 2.24) is 0 Å². The summed E-state index contributed by atoms with van der Waals surface area (Å²) in [5, 5.41) is 12.9. The number of nitrogens with one attached hydrogen (secondary N) is 2. The van der Waals surface area contributed by atoms with E-state index in [1.807, 2.05) is 65.8 Å². The highest BCUT2D eigenvalue weighted by Crippen LogP contribution is 2.23. The Labute approximate surface area is 188 Å². The number of hydrogen-bond acceptors (Lipinski definition) is 6. The van der Waals surface area contributed by atoms with Crippen molar-refractivity contribution in [3.63, 3.8) is 0 Å². The monoisotopic (exact) mass is 438 g/mol. The molecule has 170 valence electrons. The molecule has 0 radical (unpaired) electrons. The highest BCUT2D eigenvalue weighted by molar-refractivity contribution is 6.40. The van der Waals surface area contributed by atoms with Crippen LogP contribution in [0.4, 0.5) is 21.0 Å². The molecule has 0 saturated heterocycles. The summed E-state index contributed by atoms with van der Waals surface area (Å²) in [6.07, 6.45) is -1.45. The summed E-state index contributed by atoms with van der Waals surface area (Å²) < 4.78 is 0. The highest BCUT2D eigenvalue weighted by Gasteiger charge is 2.12. The number of hydrogen-bond donors (Lipinski definition) is 2. The molecule has 0 saturated carbocycles. The maximum Gasteiger partial charge on any atom is 0.437 e. The molecule has 0 aliphatic rings. The van der Waals surface area contributed by atoms with Gasteiger partial charge in [-0.15, -0.1) is 0 Å². The molecule has 8 nitrogen and oxygen atoms in total. The summed E-state index contributed by atoms with van der Waals surface area (Å²) in [7, 11) is 0. The average Bonchev–Trinajstić information content (AvgIpc) is 2.69. The molecule has 0 aliphatic heterocycles. The number of carbonyl (C=O) groups excluding carboxylic acids is 2. The average molecular weight is 439 g/mol. The van der Waals surface area contributed by atoms with Crippen molar-refractivity contribution in [3.8, 4) is 0 Å². The Morgan fingerprint density at radius 2 is 0.906 bits per heavy atom. The van der Waals surface area contributed by atoms with Crippen LogP contribution in [-0.4, -0.2) is 23.6 Å². The Balaban J connectivity index is 1.95. The van der Waals surface area contributed by atoms with Gasteiger partial charge in [-0.05, 0) is 77.6 Å². The van der Waals surface area contributed by atoms with Crippen molar-refractivity contribution >= 4 is 35.0 Å². The fourth-order valence-electron chi connectivity index (χ4n) is 3.36. The number of carbonyl (C=O) groups is 2. The zero-order valence-corrected chi connectivity index (χ0v) is 19.8. The SMILES string of the molecule is CC(=NOC(=O)Nc1c(C)cc(C)cc1C)C(C)=NOC(=O)Nc1c(C)cc(C)cc1C. The smallest absolute Gasteiger partial charge is 0.297 e. The number of rotatable bonds is 5. The van der Waals surface area contributed by atoms with Gasteiger partial charge in [-0.2, -0.15) is 0 Å². The Kier molecular flexibility index (Phi) is 8.12. The minimum absolute atomic E-state index is 0.285. The first-order valence-electron chi connectivity index (χ1n) is 10.2. The van der Waals surface area contributed by atoms with Gasteiger partial charge in [0.15, 0.2) is 0 Å². The fourth-order valence-corrected chi connectivity index (χ4v) is 3.36. The number of amides is 2. The van der Waals surface area contributed by atoms with Crippen LogP contribution in [0.25, 0.3) is 0 Å². The lowest BCUT2D eigenvalue weighted by Gasteiger charge is -2.12. The molecular formula is C24H30N4O4. The summed E-state index contributed by atoms with van der Waals surface area (Å²) in [5.41, 5.74) is 7.86. The summed E-state index contributed by atoms with van der Waals surface area (Å²) in [6, 6.07) is 7.87. The van der Waals surface area contributed by atoms with E-state index in [4.69, 9.17) is 9.68 Å². The standard InChI is InChI=1S/C24H30N4O4/c1-13-9-15(3)21(16(4)10-13)25-23(29)31-27-19(7)20(8)28-32-24(30)26-22-17(5)11-14(2)12-18(22)6/h9-12H,1-8H3,(H,25,29)(H,26,30). The van der Waals surface area contributed by atoms with Crippen molar-refractivity contribution in [2.45, 2.75) is 55.4 Å². The predicted octanol–water partition coefficient (Wildman–Crippen LogP) is 6.09. The quantitative estimate of drug-likeness (QED) is 0.335. The second-order valence-electron chi connectivity index (χ2n) is 7.91. The van der Waals surface area contributed by atoms with E-state index in [9.17, 15) is 9.59 Å². The van der Waals surface area contributed by atoms with Crippen LogP contribution in [0.15, 0.2) is 34.6 Å². The van der Waals surface area contributed by atoms with Crippen LogP contribution in [0.1, 0.15) is 47.2 Å². The third-order valence-corrected chi connectivity index (χ3v) is 4.86. The van der Waals surface area contributed by atoms with E-state index >= 15 is 0 Å². The zero-order valence-electron chi connectivity index (χ0n) is 19.8. The van der Waals surface area contributed by atoms with Crippen molar-refractivity contribution in [2.75, 3.05) is 10.6 Å². The molecule has 2 amide bonds. The van der Waals surface area contributed by atoms with E-state index in [2.05, 4.69) is 20.9 Å². The minimum atomic E-state index is -0.726. The summed E-state index contributed by atoms with van der Waals surface area (Å²) >= 11 is 0. The molecule has 0 heterocycles. The summed E-state index contributed by atoms with van der Waals surface area (Å²) in [6.45, 7) is 14.8. The highest BCUT2D eigenvalue weighted by atomic mass is 16.7. The van der Waals surface area contributed by atoms with E-state index in [1.54, 1.807) is 13.8 Å². The van der Waals surface area contributed by atoms with Crippen LogP contribution in [0.5, 0.6) is 0 Å². The lowest BCUT2D eigenvalue weighted by molar-refractivity contribution is 0.164. The maximum absolute atomic E-state index is 12.1. The molecule has 0 aliphatic carbocycles. The summed E-state index contributed by atoms with van der Waals surface area (Å²) in [5.74, 6) is 0. The number of anilines is 2. The molecule has 0 atom stereocenters. The van der Waals surface area contributed by atoms with Gasteiger partial charge in [-0.3, -0.25) is 20.3 Å². The fraction of sp³-hybridized carbons (Fsp3) is 0.333. The molecule has 2 rings (SSSR count). The normalized spacial score (nSPS) is 11.8. The molecule has 0 spiro atoms. The molecular weight excluding hydrogens is 408 g/mol. The first-order valence-corrected chi connectivity index (χ1v) is 10.2. The van der Waals surface area contributed by atoms with Crippen molar-refractivity contribution in [1.29, 1.82) is 0 Å². The molecule has 2 aromatic rings. The first kappa shape index (κ1) is 24.6. The Morgan fingerprint density at radius 1 is 0.625 bits per heavy atom. The van der Waals surface area contributed by atoms with Crippen LogP contribution < -0.4 is 10.6 Å². The zero-order chi connectivity index (χ0) is 24.0. The largest absolute Gasteiger partial charge is 0.437 e. The molecule has 8 heteroatoms. The van der Waals surface area contributed by atoms with Gasteiger partial charge in [0.05, 0.1) is 0 Å². The van der Waals surface area contributed by atoms with Gasteiger partial charge >= 0.3 is 12.2 Å². The van der Waals surface area contributed by atoms with Crippen LogP contribution in [0, 0.1) is 41.5 Å². The van der Waals surface area contributed by atoms with Crippen molar-refractivity contribution < 1.29 is 19.3 Å². The molecule has 32 heavy (non-hydrogen) atoms. The van der Waals surface area contributed by atoms with Crippen LogP contribution in [0.3, 0.4) is 0 Å².